The van der Waals surface area contributed by atoms with Gasteiger partial charge in [-0.3, -0.25) is 4.57 Å². The van der Waals surface area contributed by atoms with Gasteiger partial charge in [-0.15, -0.1) is 0 Å². The fourth-order valence-corrected chi connectivity index (χ4v) is 5.56. The van der Waals surface area contributed by atoms with E-state index in [1.807, 2.05) is 13.0 Å². The zero-order valence-corrected chi connectivity index (χ0v) is 14.0. The van der Waals surface area contributed by atoms with Crippen molar-refractivity contribution in [3.63, 3.8) is 0 Å². The number of nitrogens with one attached hydrogen (secondary N) is 1. The molecule has 0 amide bonds. The molecule has 3 unspecified atom stereocenters. The normalized spacial score (nSPS) is 33.9. The number of imidazole rings is 1. The number of aromatic amines is 1. The lowest BCUT2D eigenvalue weighted by atomic mass is 9.68. The number of aryl methyl sites for hydroxylation is 1. The van der Waals surface area contributed by atoms with E-state index in [0.717, 1.165) is 27.5 Å². The van der Waals surface area contributed by atoms with Gasteiger partial charge in [0.25, 0.3) is 0 Å². The summed E-state index contributed by atoms with van der Waals surface area (Å²) in [6.45, 7) is 9.34. The molecule has 2 aromatic rings. The Hall–Kier alpha value is -1.16. The van der Waals surface area contributed by atoms with Crippen LogP contribution in [0.1, 0.15) is 51.8 Å². The van der Waals surface area contributed by atoms with Crippen LogP contribution in [0.2, 0.25) is 0 Å². The molecule has 21 heavy (non-hydrogen) atoms. The molecule has 2 aliphatic carbocycles. The first kappa shape index (κ1) is 13.5. The average Bonchev–Trinajstić information content (AvgIpc) is 2.98. The summed E-state index contributed by atoms with van der Waals surface area (Å²) in [6, 6.07) is 4.59. The second-order valence-corrected chi connectivity index (χ2v) is 8.33. The van der Waals surface area contributed by atoms with Gasteiger partial charge in [0.05, 0.1) is 5.52 Å². The highest BCUT2D eigenvalue weighted by Gasteiger charge is 2.60. The highest BCUT2D eigenvalue weighted by atomic mass is 32.1. The Balaban J connectivity index is 2.00. The fraction of sp³-hybridized carbons (Fsp3) is 0.647. The number of hydrogen-bond acceptors (Lipinski definition) is 2. The molecule has 0 spiro atoms. The van der Waals surface area contributed by atoms with Crippen LogP contribution in [0.4, 0.5) is 0 Å². The van der Waals surface area contributed by atoms with Crippen LogP contribution in [0.3, 0.4) is 0 Å². The van der Waals surface area contributed by atoms with Crippen molar-refractivity contribution in [3.8, 4) is 0 Å². The molecule has 2 fully saturated rings. The number of pyridine rings is 1. The van der Waals surface area contributed by atoms with Gasteiger partial charge in [0.1, 0.15) is 0 Å². The number of rotatable bonds is 1. The minimum absolute atomic E-state index is 0.284. The molecule has 112 valence electrons. The third-order valence-electron chi connectivity index (χ3n) is 6.15. The minimum Gasteiger partial charge on any atom is -0.329 e. The van der Waals surface area contributed by atoms with Crippen molar-refractivity contribution in [3.05, 3.63) is 22.6 Å². The predicted octanol–water partition coefficient (Wildman–Crippen LogP) is 4.79. The van der Waals surface area contributed by atoms with Crippen molar-refractivity contribution >= 4 is 23.4 Å². The molecule has 0 radical (unpaired) electrons. The lowest BCUT2D eigenvalue weighted by Gasteiger charge is -2.43. The molecule has 2 aliphatic rings. The topological polar surface area (TPSA) is 33.6 Å². The second-order valence-electron chi connectivity index (χ2n) is 7.94. The van der Waals surface area contributed by atoms with E-state index in [4.69, 9.17) is 17.2 Å². The van der Waals surface area contributed by atoms with E-state index < -0.39 is 0 Å². The fourth-order valence-electron chi connectivity index (χ4n) is 5.26. The van der Waals surface area contributed by atoms with E-state index in [1.165, 1.54) is 19.3 Å². The van der Waals surface area contributed by atoms with Crippen LogP contribution < -0.4 is 0 Å². The maximum Gasteiger partial charge on any atom is 0.179 e. The van der Waals surface area contributed by atoms with Gasteiger partial charge >= 0.3 is 0 Å². The molecule has 4 heteroatoms. The Morgan fingerprint density at radius 3 is 2.76 bits per heavy atom. The van der Waals surface area contributed by atoms with Crippen molar-refractivity contribution in [2.75, 3.05) is 0 Å². The van der Waals surface area contributed by atoms with E-state index in [0.29, 0.717) is 11.5 Å². The van der Waals surface area contributed by atoms with E-state index in [1.54, 1.807) is 0 Å². The highest BCUT2D eigenvalue weighted by Crippen LogP contribution is 2.68. The first-order valence-corrected chi connectivity index (χ1v) is 8.32. The van der Waals surface area contributed by atoms with Gasteiger partial charge in [-0.1, -0.05) is 20.8 Å². The van der Waals surface area contributed by atoms with Crippen LogP contribution in [0.25, 0.3) is 11.2 Å². The third kappa shape index (κ3) is 1.65. The minimum atomic E-state index is 0.284. The van der Waals surface area contributed by atoms with Crippen LogP contribution in [0.15, 0.2) is 12.1 Å². The van der Waals surface area contributed by atoms with Crippen molar-refractivity contribution in [1.29, 1.82) is 0 Å². The lowest BCUT2D eigenvalue weighted by molar-refractivity contribution is 0.0851. The molecule has 3 nitrogen and oxygen atoms in total. The van der Waals surface area contributed by atoms with E-state index >= 15 is 0 Å². The van der Waals surface area contributed by atoms with Crippen molar-refractivity contribution < 1.29 is 0 Å². The van der Waals surface area contributed by atoms with Gasteiger partial charge in [0, 0.05) is 11.7 Å². The summed E-state index contributed by atoms with van der Waals surface area (Å²) >= 11 is 5.67. The second kappa shape index (κ2) is 3.97. The monoisotopic (exact) mass is 301 g/mol. The number of fused-ring (bicyclic) bond motifs is 3. The molecule has 2 heterocycles. The molecular formula is C17H23N3S. The Labute approximate surface area is 130 Å². The molecule has 0 saturated heterocycles. The summed E-state index contributed by atoms with van der Waals surface area (Å²) in [7, 11) is 0. The molecule has 0 aromatic carbocycles. The summed E-state index contributed by atoms with van der Waals surface area (Å²) in [5, 5.41) is 0. The molecule has 1 N–H and O–H groups in total. The average molecular weight is 301 g/mol. The summed E-state index contributed by atoms with van der Waals surface area (Å²) in [6.07, 6.45) is 4.00. The van der Waals surface area contributed by atoms with E-state index in [2.05, 4.69) is 36.4 Å². The summed E-state index contributed by atoms with van der Waals surface area (Å²) < 4.78 is 3.16. The zero-order chi connectivity index (χ0) is 15.0. The van der Waals surface area contributed by atoms with Crippen LogP contribution in [0.5, 0.6) is 0 Å². The van der Waals surface area contributed by atoms with Crippen molar-refractivity contribution in [2.45, 2.75) is 53.0 Å². The van der Waals surface area contributed by atoms with Gasteiger partial charge < -0.3 is 4.98 Å². The first-order chi connectivity index (χ1) is 9.83. The Kier molecular flexibility index (Phi) is 2.56. The third-order valence-corrected chi connectivity index (χ3v) is 6.45. The lowest BCUT2D eigenvalue weighted by Crippen LogP contribution is -2.37. The van der Waals surface area contributed by atoms with Gasteiger partial charge in [-0.05, 0) is 67.3 Å². The Bertz CT molecular complexity index is 780. The number of aromatic nitrogens is 3. The highest BCUT2D eigenvalue weighted by molar-refractivity contribution is 7.71. The number of nitrogens with zero attached hydrogens (tertiary/aromatic N) is 2. The van der Waals surface area contributed by atoms with Crippen molar-refractivity contribution in [1.82, 2.24) is 14.5 Å². The molecule has 4 rings (SSSR count). The largest absolute Gasteiger partial charge is 0.329 e. The molecule has 2 saturated carbocycles. The van der Waals surface area contributed by atoms with Gasteiger partial charge in [-0.2, -0.15) is 0 Å². The van der Waals surface area contributed by atoms with Crippen LogP contribution >= 0.6 is 12.2 Å². The maximum absolute atomic E-state index is 5.67. The molecule has 3 atom stereocenters. The molecular weight excluding hydrogens is 278 g/mol. The van der Waals surface area contributed by atoms with Crippen LogP contribution in [-0.2, 0) is 0 Å². The summed E-state index contributed by atoms with van der Waals surface area (Å²) in [4.78, 5) is 8.15. The van der Waals surface area contributed by atoms with E-state index in [-0.39, 0.29) is 5.41 Å². The van der Waals surface area contributed by atoms with Crippen molar-refractivity contribution in [2.24, 2.45) is 16.7 Å². The van der Waals surface area contributed by atoms with Crippen LogP contribution in [-0.4, -0.2) is 14.5 Å². The zero-order valence-electron chi connectivity index (χ0n) is 13.2. The Morgan fingerprint density at radius 2 is 2.10 bits per heavy atom. The SMILES string of the molecule is Cc1ccc2[nH]c(=S)n(C3C4(C)CCC(C4)C3(C)C)c2n1. The van der Waals surface area contributed by atoms with Gasteiger partial charge in [0.2, 0.25) is 0 Å². The quantitative estimate of drug-likeness (QED) is 0.768. The summed E-state index contributed by atoms with van der Waals surface area (Å²) in [5.41, 5.74) is 3.79. The first-order valence-electron chi connectivity index (χ1n) is 7.91. The smallest absolute Gasteiger partial charge is 0.179 e. The van der Waals surface area contributed by atoms with Gasteiger partial charge in [0.15, 0.2) is 10.4 Å². The maximum atomic E-state index is 5.67. The molecule has 2 bridgehead atoms. The molecule has 2 aromatic heterocycles. The van der Waals surface area contributed by atoms with E-state index in [9.17, 15) is 0 Å². The number of hydrogen-bond donors (Lipinski definition) is 1. The van der Waals surface area contributed by atoms with Crippen LogP contribution in [0, 0.1) is 28.4 Å². The Morgan fingerprint density at radius 1 is 1.33 bits per heavy atom. The predicted molar refractivity (Wildman–Crippen MR) is 87.9 cm³/mol. The summed E-state index contributed by atoms with van der Waals surface area (Å²) in [5.74, 6) is 0.809. The molecule has 0 aliphatic heterocycles. The van der Waals surface area contributed by atoms with Gasteiger partial charge in [-0.25, -0.2) is 4.98 Å². The number of H-pyrrole nitrogens is 1. The standard InChI is InChI=1S/C17H23N3S/c1-10-5-6-12-13(18-10)20(15(21)19-12)14-16(2,3)11-7-8-17(14,4)9-11/h5-6,11,14H,7-9H2,1-4H3,(H,19,21).